The van der Waals surface area contributed by atoms with Crippen LogP contribution in [0, 0.1) is 23.2 Å². The number of H-pyrrole nitrogens is 1. The van der Waals surface area contributed by atoms with Crippen molar-refractivity contribution in [2.75, 3.05) is 20.3 Å². The number of halogens is 2. The zero-order valence-corrected chi connectivity index (χ0v) is 37.4. The third-order valence-electron chi connectivity index (χ3n) is 13.3. The fraction of sp³-hybridized carbons (Fsp3) is 0.727. The molecule has 0 bridgehead atoms. The molecule has 1 aliphatic heterocycles. The fourth-order valence-electron chi connectivity index (χ4n) is 9.37. The highest BCUT2D eigenvalue weighted by Crippen LogP contribution is 2.48. The molecule has 3 aliphatic carbocycles. The number of aromatic nitrogens is 2. The summed E-state index contributed by atoms with van der Waals surface area (Å²) in [4.78, 5) is 77.2. The topological polar surface area (TPSA) is 206 Å². The van der Waals surface area contributed by atoms with Crippen LogP contribution in [0.1, 0.15) is 123 Å². The molecule has 4 aliphatic rings. The van der Waals surface area contributed by atoms with Gasteiger partial charge in [-0.1, -0.05) is 59.8 Å². The maximum atomic E-state index is 14.7. The van der Waals surface area contributed by atoms with Crippen LogP contribution in [-0.2, 0) is 35.6 Å². The number of likely N-dealkylation sites (tertiary alicyclic amines) is 1. The first-order chi connectivity index (χ1) is 29.4. The lowest BCUT2D eigenvalue weighted by atomic mass is 9.83. The Kier molecular flexibility index (Phi) is 14.9. The minimum Gasteiger partial charge on any atom is -0.497 e. The molecule has 15 nitrogen and oxygen atoms in total. The number of benzene rings is 1. The van der Waals surface area contributed by atoms with Gasteiger partial charge in [-0.15, -0.1) is 0 Å². The number of ether oxygens (including phenoxy) is 2. The van der Waals surface area contributed by atoms with E-state index in [1.807, 2.05) is 23.8 Å². The van der Waals surface area contributed by atoms with Gasteiger partial charge >= 0.3 is 6.09 Å². The Bertz CT molecular complexity index is 2130. The molecule has 4 N–H and O–H groups in total. The molecule has 0 spiro atoms. The lowest BCUT2D eigenvalue weighted by Gasteiger charge is -2.37. The van der Waals surface area contributed by atoms with E-state index in [2.05, 4.69) is 20.6 Å². The minimum absolute atomic E-state index is 0.147. The second-order valence-corrected chi connectivity index (χ2v) is 20.8. The Balaban J connectivity index is 1.04. The molecular formula is C44H64F2N6O9S. The Morgan fingerprint density at radius 1 is 1.03 bits per heavy atom. The molecule has 2 aromatic rings. The second-order valence-electron chi connectivity index (χ2n) is 18.8. The summed E-state index contributed by atoms with van der Waals surface area (Å²) in [5, 5.41) is 4.64. The largest absolute Gasteiger partial charge is 0.497 e. The van der Waals surface area contributed by atoms with Gasteiger partial charge in [0.2, 0.25) is 21.8 Å². The Morgan fingerprint density at radius 2 is 1.76 bits per heavy atom. The Morgan fingerprint density at radius 3 is 2.44 bits per heavy atom. The van der Waals surface area contributed by atoms with Crippen LogP contribution in [0.4, 0.5) is 13.6 Å². The summed E-state index contributed by atoms with van der Waals surface area (Å²) in [6, 6.07) is 3.17. The van der Waals surface area contributed by atoms with E-state index in [-0.39, 0.29) is 36.5 Å². The first kappa shape index (κ1) is 47.1. The van der Waals surface area contributed by atoms with Crippen LogP contribution in [0.3, 0.4) is 0 Å². The summed E-state index contributed by atoms with van der Waals surface area (Å²) < 4.78 is 66.8. The maximum Gasteiger partial charge on any atom is 0.408 e. The predicted molar refractivity (Wildman–Crippen MR) is 228 cm³/mol. The molecule has 4 fully saturated rings. The summed E-state index contributed by atoms with van der Waals surface area (Å²) in [5.41, 5.74) is -1.18. The number of unbranched alkanes of at least 4 members (excludes halogenated alkanes) is 3. The van der Waals surface area contributed by atoms with Crippen molar-refractivity contribution in [2.45, 2.75) is 159 Å². The minimum atomic E-state index is -4.06. The number of nitrogens with zero attached hydrogens (tertiary/aromatic N) is 2. The zero-order chi connectivity index (χ0) is 45.0. The van der Waals surface area contributed by atoms with Crippen molar-refractivity contribution >= 4 is 44.9 Å². The smallest absolute Gasteiger partial charge is 0.408 e. The normalized spacial score (nSPS) is 26.0. The van der Waals surface area contributed by atoms with Crippen molar-refractivity contribution in [3.63, 3.8) is 0 Å². The van der Waals surface area contributed by atoms with Gasteiger partial charge in [-0.05, 0) is 93.6 Å². The number of aromatic amines is 1. The SMILES string of the molecule is CCC1CCN(C(=O)[C@@H](NC(=O)O[C@@H]2CCCC[C@H]2CCCCCCc2nc3ccc(OC)cc3[nH]c2=O)C(C)(C)C)[C@@H]1C(=O)N[C@]1(C(=O)NS(=O)(=O)C2CC2)CC1C(F)CF. The molecule has 1 aromatic carbocycles. The highest BCUT2D eigenvalue weighted by Gasteiger charge is 2.66. The van der Waals surface area contributed by atoms with Crippen molar-refractivity contribution in [3.05, 3.63) is 34.2 Å². The number of amides is 4. The average Bonchev–Trinajstić information content (AvgIpc) is 4.17. The molecule has 1 aromatic heterocycles. The van der Waals surface area contributed by atoms with Crippen LogP contribution >= 0.6 is 0 Å². The van der Waals surface area contributed by atoms with Gasteiger partial charge in [-0.3, -0.25) is 23.9 Å². The second kappa shape index (κ2) is 19.6. The number of nitrogens with one attached hydrogen (secondary N) is 4. The number of hydrogen-bond donors (Lipinski definition) is 4. The zero-order valence-electron chi connectivity index (χ0n) is 36.6. The molecular weight excluding hydrogens is 827 g/mol. The third-order valence-corrected chi connectivity index (χ3v) is 15.1. The van der Waals surface area contributed by atoms with E-state index in [0.717, 1.165) is 51.4 Å². The number of sulfonamides is 1. The number of carbonyl (C=O) groups is 4. The van der Waals surface area contributed by atoms with Crippen molar-refractivity contribution in [1.82, 2.24) is 30.2 Å². The molecule has 2 heterocycles. The van der Waals surface area contributed by atoms with Crippen molar-refractivity contribution < 1.29 is 45.9 Å². The standard InChI is InChI=1S/C44H64F2N6O9S/c1-6-26-21-22-52(36(26)39(54)50-44(24-30(44)31(46)25-45)41(56)51-62(58,59)29-18-19-29)40(55)37(43(2,3)4)49-42(57)61-35-16-12-11-14-27(35)13-9-7-8-10-15-33-38(53)48-34-23-28(60-5)17-20-32(34)47-33/h17,20,23,26-27,29-31,35-37H,6-16,18-19,21-22,24-25H2,1-5H3,(H,48,53)(H,49,57)(H,50,54)(H,51,56)/t26?,27-,30?,31?,35-,36+,37-,44-/m1/s1. The van der Waals surface area contributed by atoms with E-state index < -0.39 is 80.9 Å². The summed E-state index contributed by atoms with van der Waals surface area (Å²) in [5.74, 6) is -3.26. The summed E-state index contributed by atoms with van der Waals surface area (Å²) in [6.45, 7) is 5.98. The van der Waals surface area contributed by atoms with Crippen LogP contribution in [-0.4, -0.2) is 103 Å². The van der Waals surface area contributed by atoms with Crippen LogP contribution in [0.2, 0.25) is 0 Å². The van der Waals surface area contributed by atoms with Crippen LogP contribution in [0.15, 0.2) is 23.0 Å². The molecule has 0 radical (unpaired) electrons. The van der Waals surface area contributed by atoms with Gasteiger partial charge in [-0.25, -0.2) is 27.0 Å². The molecule has 3 saturated carbocycles. The first-order valence-electron chi connectivity index (χ1n) is 22.3. The summed E-state index contributed by atoms with van der Waals surface area (Å²) in [6.07, 6.45) is 6.72. The Hall–Kier alpha value is -4.35. The van der Waals surface area contributed by atoms with E-state index in [4.69, 9.17) is 9.47 Å². The highest BCUT2D eigenvalue weighted by atomic mass is 32.2. The van der Waals surface area contributed by atoms with Gasteiger partial charge in [0.05, 0.1) is 23.4 Å². The van der Waals surface area contributed by atoms with E-state index in [1.54, 1.807) is 33.9 Å². The van der Waals surface area contributed by atoms with E-state index >= 15 is 0 Å². The summed E-state index contributed by atoms with van der Waals surface area (Å²) >= 11 is 0. The van der Waals surface area contributed by atoms with Crippen LogP contribution in [0.5, 0.6) is 5.75 Å². The van der Waals surface area contributed by atoms with Crippen LogP contribution < -0.4 is 25.7 Å². The highest BCUT2D eigenvalue weighted by molar-refractivity contribution is 7.91. The molecule has 6 rings (SSSR count). The number of rotatable bonds is 19. The fourth-order valence-corrected chi connectivity index (χ4v) is 10.7. The van der Waals surface area contributed by atoms with Gasteiger partial charge in [0.25, 0.3) is 11.5 Å². The van der Waals surface area contributed by atoms with Crippen molar-refractivity contribution in [3.8, 4) is 5.75 Å². The lowest BCUT2D eigenvalue weighted by Crippen LogP contribution is -2.61. The van der Waals surface area contributed by atoms with E-state index in [9.17, 15) is 41.2 Å². The van der Waals surface area contributed by atoms with E-state index in [1.165, 1.54) is 4.90 Å². The maximum absolute atomic E-state index is 14.7. The molecule has 4 amide bonds. The third kappa shape index (κ3) is 10.9. The Labute approximate surface area is 362 Å². The lowest BCUT2D eigenvalue weighted by molar-refractivity contribution is -0.144. The molecule has 62 heavy (non-hydrogen) atoms. The van der Waals surface area contributed by atoms with E-state index in [0.29, 0.717) is 61.0 Å². The predicted octanol–water partition coefficient (Wildman–Crippen LogP) is 5.54. The number of methoxy groups -OCH3 is 1. The molecule has 3 unspecified atom stereocenters. The van der Waals surface area contributed by atoms with Gasteiger partial charge in [0.15, 0.2) is 0 Å². The number of aryl methyl sites for hydroxylation is 1. The summed E-state index contributed by atoms with van der Waals surface area (Å²) in [7, 11) is -2.49. The monoisotopic (exact) mass is 890 g/mol. The molecule has 1 saturated heterocycles. The molecule has 18 heteroatoms. The number of fused-ring (bicyclic) bond motifs is 1. The van der Waals surface area contributed by atoms with Crippen molar-refractivity contribution in [2.24, 2.45) is 23.2 Å². The van der Waals surface area contributed by atoms with Gasteiger partial charge in [0.1, 0.15) is 48.0 Å². The number of alkyl carbamates (subject to hydrolysis) is 1. The quantitative estimate of drug-likeness (QED) is 0.130. The number of hydrogen-bond acceptors (Lipinski definition) is 10. The van der Waals surface area contributed by atoms with Gasteiger partial charge in [0, 0.05) is 18.5 Å². The number of alkyl halides is 2. The molecule has 8 atom stereocenters. The van der Waals surface area contributed by atoms with Gasteiger partial charge < -0.3 is 30.0 Å². The average molecular weight is 891 g/mol. The van der Waals surface area contributed by atoms with Crippen molar-refractivity contribution in [1.29, 1.82) is 0 Å². The number of carbonyl (C=O) groups excluding carboxylic acids is 4. The first-order valence-corrected chi connectivity index (χ1v) is 23.9. The van der Waals surface area contributed by atoms with Gasteiger partial charge in [-0.2, -0.15) is 0 Å². The van der Waals surface area contributed by atoms with Crippen LogP contribution in [0.25, 0.3) is 11.0 Å². The molecule has 344 valence electrons.